The molecule has 0 atom stereocenters. The highest BCUT2D eigenvalue weighted by atomic mass is 14.9. The van der Waals surface area contributed by atoms with Crippen LogP contribution >= 0.6 is 0 Å². The van der Waals surface area contributed by atoms with Gasteiger partial charge in [-0.15, -0.1) is 0 Å². The molecule has 0 aromatic heterocycles. The van der Waals surface area contributed by atoms with Gasteiger partial charge in [0.2, 0.25) is 0 Å². The zero-order valence-electron chi connectivity index (χ0n) is 11.7. The van der Waals surface area contributed by atoms with Gasteiger partial charge in [-0.2, -0.15) is 0 Å². The molecule has 1 aromatic rings. The largest absolute Gasteiger partial charge is 0.317 e. The van der Waals surface area contributed by atoms with E-state index in [1.807, 2.05) is 0 Å². The van der Waals surface area contributed by atoms with Crippen LogP contribution in [0.15, 0.2) is 6.07 Å². The molecule has 0 spiro atoms. The van der Waals surface area contributed by atoms with Crippen molar-refractivity contribution in [2.24, 2.45) is 5.92 Å². The number of aryl methyl sites for hydroxylation is 1. The Morgan fingerprint density at radius 1 is 1.00 bits per heavy atom. The molecule has 0 amide bonds. The Kier molecular flexibility index (Phi) is 3.88. The molecule has 1 aliphatic rings. The lowest BCUT2D eigenvalue weighted by atomic mass is 9.86. The molecule has 1 nitrogen and oxygen atoms in total. The lowest BCUT2D eigenvalue weighted by Crippen LogP contribution is -2.28. The molecule has 1 aliphatic heterocycles. The van der Waals surface area contributed by atoms with Gasteiger partial charge in [-0.3, -0.25) is 0 Å². The number of hydrogen-bond acceptors (Lipinski definition) is 1. The first kappa shape index (κ1) is 12.6. The topological polar surface area (TPSA) is 12.0 Å². The van der Waals surface area contributed by atoms with E-state index in [1.165, 1.54) is 54.6 Å². The summed E-state index contributed by atoms with van der Waals surface area (Å²) in [5.41, 5.74) is 7.52. The van der Waals surface area contributed by atoms with Crippen LogP contribution in [-0.2, 0) is 6.42 Å². The number of piperidine rings is 1. The third-order valence-electron chi connectivity index (χ3n) is 4.56. The number of hydrogen-bond donors (Lipinski definition) is 1. The van der Waals surface area contributed by atoms with Gasteiger partial charge >= 0.3 is 0 Å². The highest BCUT2D eigenvalue weighted by Gasteiger charge is 2.16. The zero-order chi connectivity index (χ0) is 12.4. The summed E-state index contributed by atoms with van der Waals surface area (Å²) < 4.78 is 0. The van der Waals surface area contributed by atoms with Gasteiger partial charge in [0.25, 0.3) is 0 Å². The molecule has 2 rings (SSSR count). The Bertz CT molecular complexity index is 400. The summed E-state index contributed by atoms with van der Waals surface area (Å²) in [4.78, 5) is 0. The molecule has 0 unspecified atom stereocenters. The molecule has 1 saturated heterocycles. The van der Waals surface area contributed by atoms with E-state index in [0.717, 1.165) is 5.92 Å². The lowest BCUT2D eigenvalue weighted by Gasteiger charge is -2.24. The van der Waals surface area contributed by atoms with Gasteiger partial charge in [0.05, 0.1) is 0 Å². The van der Waals surface area contributed by atoms with Crippen LogP contribution in [0.3, 0.4) is 0 Å². The predicted molar refractivity (Wildman–Crippen MR) is 74.7 cm³/mol. The Hall–Kier alpha value is -0.820. The average Bonchev–Trinajstić information content (AvgIpc) is 2.35. The summed E-state index contributed by atoms with van der Waals surface area (Å²) in [6.45, 7) is 11.4. The summed E-state index contributed by atoms with van der Waals surface area (Å²) >= 11 is 0. The van der Waals surface area contributed by atoms with E-state index < -0.39 is 0 Å². The Labute approximate surface area is 106 Å². The summed E-state index contributed by atoms with van der Waals surface area (Å²) in [6, 6.07) is 2.42. The zero-order valence-corrected chi connectivity index (χ0v) is 11.7. The van der Waals surface area contributed by atoms with Crippen molar-refractivity contribution < 1.29 is 0 Å². The lowest BCUT2D eigenvalue weighted by molar-refractivity contribution is 0.372. The minimum Gasteiger partial charge on any atom is -0.317 e. The fourth-order valence-corrected chi connectivity index (χ4v) is 2.90. The fourth-order valence-electron chi connectivity index (χ4n) is 2.90. The van der Waals surface area contributed by atoms with Gasteiger partial charge in [-0.25, -0.2) is 0 Å². The van der Waals surface area contributed by atoms with E-state index in [9.17, 15) is 0 Å². The van der Waals surface area contributed by atoms with E-state index in [0.29, 0.717) is 0 Å². The Morgan fingerprint density at radius 2 is 1.65 bits per heavy atom. The van der Waals surface area contributed by atoms with Gasteiger partial charge in [-0.05, 0) is 93.8 Å². The second-order valence-electron chi connectivity index (χ2n) is 5.63. The van der Waals surface area contributed by atoms with Crippen molar-refractivity contribution in [3.8, 4) is 0 Å². The molecule has 1 fully saturated rings. The maximum absolute atomic E-state index is 3.45. The van der Waals surface area contributed by atoms with Crippen molar-refractivity contribution >= 4 is 0 Å². The first-order valence-corrected chi connectivity index (χ1v) is 6.86. The van der Waals surface area contributed by atoms with Gasteiger partial charge in [-0.1, -0.05) is 6.07 Å². The third-order valence-corrected chi connectivity index (χ3v) is 4.56. The van der Waals surface area contributed by atoms with Crippen molar-refractivity contribution in [1.29, 1.82) is 0 Å². The number of benzene rings is 1. The van der Waals surface area contributed by atoms with Crippen LogP contribution in [0, 0.1) is 33.6 Å². The number of nitrogens with one attached hydrogen (secondary N) is 1. The van der Waals surface area contributed by atoms with E-state index in [-0.39, 0.29) is 0 Å². The highest BCUT2D eigenvalue weighted by molar-refractivity contribution is 5.43. The molecule has 0 bridgehead atoms. The van der Waals surface area contributed by atoms with Crippen molar-refractivity contribution in [1.82, 2.24) is 5.32 Å². The van der Waals surface area contributed by atoms with Gasteiger partial charge < -0.3 is 5.32 Å². The maximum atomic E-state index is 3.45. The summed E-state index contributed by atoms with van der Waals surface area (Å²) in [6.07, 6.45) is 3.95. The summed E-state index contributed by atoms with van der Waals surface area (Å²) in [5.74, 6) is 0.886. The van der Waals surface area contributed by atoms with Crippen molar-refractivity contribution in [3.63, 3.8) is 0 Å². The standard InChI is InChI=1S/C16H25N/c1-11-9-16(14(4)13(3)12(11)2)10-15-5-7-17-8-6-15/h9,15,17H,5-8,10H2,1-4H3. The minimum atomic E-state index is 0.886. The van der Waals surface area contributed by atoms with Crippen LogP contribution in [0.5, 0.6) is 0 Å². The SMILES string of the molecule is Cc1cc(CC2CCNCC2)c(C)c(C)c1C. The molecule has 1 heterocycles. The van der Waals surface area contributed by atoms with Gasteiger partial charge in [0.1, 0.15) is 0 Å². The van der Waals surface area contributed by atoms with Crippen LogP contribution in [0.1, 0.15) is 40.7 Å². The number of rotatable bonds is 2. The first-order valence-electron chi connectivity index (χ1n) is 6.86. The maximum Gasteiger partial charge on any atom is -0.00462 e. The van der Waals surface area contributed by atoms with Crippen LogP contribution in [-0.4, -0.2) is 13.1 Å². The molecule has 1 N–H and O–H groups in total. The average molecular weight is 231 g/mol. The molecular weight excluding hydrogens is 206 g/mol. The molecule has 0 aliphatic carbocycles. The van der Waals surface area contributed by atoms with E-state index >= 15 is 0 Å². The van der Waals surface area contributed by atoms with Crippen LogP contribution < -0.4 is 5.32 Å². The van der Waals surface area contributed by atoms with Crippen molar-refractivity contribution in [2.75, 3.05) is 13.1 Å². The van der Waals surface area contributed by atoms with E-state index in [4.69, 9.17) is 0 Å². The second-order valence-corrected chi connectivity index (χ2v) is 5.63. The van der Waals surface area contributed by atoms with Crippen molar-refractivity contribution in [2.45, 2.75) is 47.0 Å². The van der Waals surface area contributed by atoms with Crippen LogP contribution in [0.25, 0.3) is 0 Å². The van der Waals surface area contributed by atoms with Crippen molar-refractivity contribution in [3.05, 3.63) is 33.9 Å². The molecule has 1 aromatic carbocycles. The summed E-state index contributed by atoms with van der Waals surface area (Å²) in [5, 5.41) is 3.45. The molecule has 17 heavy (non-hydrogen) atoms. The van der Waals surface area contributed by atoms with E-state index in [1.54, 1.807) is 5.56 Å². The highest BCUT2D eigenvalue weighted by Crippen LogP contribution is 2.25. The van der Waals surface area contributed by atoms with Gasteiger partial charge in [0.15, 0.2) is 0 Å². The quantitative estimate of drug-likeness (QED) is 0.822. The second kappa shape index (κ2) is 5.22. The Balaban J connectivity index is 2.20. The van der Waals surface area contributed by atoms with Crippen LogP contribution in [0.4, 0.5) is 0 Å². The Morgan fingerprint density at radius 3 is 2.29 bits per heavy atom. The monoisotopic (exact) mass is 231 g/mol. The van der Waals surface area contributed by atoms with Gasteiger partial charge in [0, 0.05) is 0 Å². The smallest absolute Gasteiger partial charge is 0.00462 e. The minimum absolute atomic E-state index is 0.886. The molecule has 0 saturated carbocycles. The van der Waals surface area contributed by atoms with Crippen LogP contribution in [0.2, 0.25) is 0 Å². The normalized spacial score (nSPS) is 17.4. The molecule has 1 heteroatoms. The molecule has 0 radical (unpaired) electrons. The predicted octanol–water partition coefficient (Wildman–Crippen LogP) is 3.46. The fraction of sp³-hybridized carbons (Fsp3) is 0.625. The summed E-state index contributed by atoms with van der Waals surface area (Å²) in [7, 11) is 0. The molecular formula is C16H25N. The molecule has 94 valence electrons. The first-order chi connectivity index (χ1) is 8.09. The third kappa shape index (κ3) is 2.71. The van der Waals surface area contributed by atoms with E-state index in [2.05, 4.69) is 39.1 Å².